The van der Waals surface area contributed by atoms with Gasteiger partial charge in [0.2, 0.25) is 5.82 Å². The predicted molar refractivity (Wildman–Crippen MR) is 116 cm³/mol. The molecule has 1 heterocycles. The number of hydrogen-bond acceptors (Lipinski definition) is 1. The molecule has 0 aromatic heterocycles. The Bertz CT molecular complexity index is 844. The van der Waals surface area contributed by atoms with E-state index in [1.165, 1.54) is 25.7 Å². The van der Waals surface area contributed by atoms with Crippen LogP contribution >= 0.6 is 0 Å². The Morgan fingerprint density at radius 3 is 2.43 bits per heavy atom. The van der Waals surface area contributed by atoms with Crippen LogP contribution in [0.2, 0.25) is 0 Å². The van der Waals surface area contributed by atoms with Crippen LogP contribution in [-0.2, 0) is 6.42 Å². The minimum absolute atomic E-state index is 0.0223. The Balaban J connectivity index is 1.80. The normalized spacial score (nSPS) is 23.0. The van der Waals surface area contributed by atoms with Crippen LogP contribution in [-0.4, -0.2) is 0 Å². The molecule has 1 aliphatic carbocycles. The van der Waals surface area contributed by atoms with Crippen molar-refractivity contribution in [2.75, 3.05) is 0 Å². The second-order valence-electron chi connectivity index (χ2n) is 8.78. The highest BCUT2D eigenvalue weighted by molar-refractivity contribution is 5.51. The molecule has 0 radical (unpaired) electrons. The molecular formula is C26H33F3O. The van der Waals surface area contributed by atoms with Crippen molar-refractivity contribution >= 4 is 0 Å². The van der Waals surface area contributed by atoms with Crippen LogP contribution in [0.25, 0.3) is 0 Å². The molecule has 1 saturated carbocycles. The van der Waals surface area contributed by atoms with E-state index in [1.54, 1.807) is 13.0 Å². The van der Waals surface area contributed by atoms with Gasteiger partial charge >= 0.3 is 0 Å². The lowest BCUT2D eigenvalue weighted by Crippen LogP contribution is -2.18. The topological polar surface area (TPSA) is 9.23 Å². The fourth-order valence-corrected chi connectivity index (χ4v) is 4.67. The first-order valence-electron chi connectivity index (χ1n) is 11.3. The van der Waals surface area contributed by atoms with Crippen molar-refractivity contribution in [2.45, 2.75) is 84.0 Å². The summed E-state index contributed by atoms with van der Waals surface area (Å²) < 4.78 is 49.9. The van der Waals surface area contributed by atoms with Gasteiger partial charge in [-0.1, -0.05) is 52.7 Å². The van der Waals surface area contributed by atoms with Gasteiger partial charge in [-0.15, -0.1) is 0 Å². The summed E-state index contributed by atoms with van der Waals surface area (Å²) in [6.45, 7) is 11.5. The van der Waals surface area contributed by atoms with Gasteiger partial charge in [-0.3, -0.25) is 0 Å². The van der Waals surface area contributed by atoms with Gasteiger partial charge in [0.1, 0.15) is 0 Å². The molecule has 1 aromatic rings. The van der Waals surface area contributed by atoms with Gasteiger partial charge in [-0.2, -0.15) is 4.39 Å². The van der Waals surface area contributed by atoms with E-state index in [9.17, 15) is 13.2 Å². The van der Waals surface area contributed by atoms with Gasteiger partial charge in [0.05, 0.1) is 0 Å². The fourth-order valence-electron chi connectivity index (χ4n) is 4.67. The Labute approximate surface area is 178 Å². The van der Waals surface area contributed by atoms with Gasteiger partial charge in [0.25, 0.3) is 0 Å². The van der Waals surface area contributed by atoms with Crippen molar-refractivity contribution in [1.82, 2.24) is 0 Å². The first kappa shape index (κ1) is 22.7. The zero-order chi connectivity index (χ0) is 21.8. The highest BCUT2D eigenvalue weighted by Crippen LogP contribution is 2.44. The summed E-state index contributed by atoms with van der Waals surface area (Å²) in [5.74, 6) is -2.15. The summed E-state index contributed by atoms with van der Waals surface area (Å²) in [7, 11) is 0. The molecule has 0 saturated heterocycles. The molecule has 0 bridgehead atoms. The van der Waals surface area contributed by atoms with E-state index in [1.807, 2.05) is 0 Å². The molecule has 1 aliphatic heterocycles. The molecule has 2 aliphatic rings. The molecule has 0 atom stereocenters. The van der Waals surface area contributed by atoms with Crippen molar-refractivity contribution in [3.63, 3.8) is 0 Å². The smallest absolute Gasteiger partial charge is 0.201 e. The average Bonchev–Trinajstić information content (AvgIpc) is 2.75. The molecule has 0 unspecified atom stereocenters. The predicted octanol–water partition coefficient (Wildman–Crippen LogP) is 8.46. The second-order valence-corrected chi connectivity index (χ2v) is 8.78. The summed E-state index contributed by atoms with van der Waals surface area (Å²) in [6, 6.07) is 1.71. The first-order chi connectivity index (χ1) is 14.4. The van der Waals surface area contributed by atoms with Crippen molar-refractivity contribution in [2.24, 2.45) is 5.92 Å². The zero-order valence-electron chi connectivity index (χ0n) is 18.3. The number of halogens is 3. The summed E-state index contributed by atoms with van der Waals surface area (Å²) in [5.41, 5.74) is 1.65. The number of ether oxygens (including phenoxy) is 1. The van der Waals surface area contributed by atoms with E-state index < -0.39 is 17.5 Å². The van der Waals surface area contributed by atoms with Crippen molar-refractivity contribution in [3.05, 3.63) is 64.7 Å². The molecular weight excluding hydrogens is 385 g/mol. The first-order valence-corrected chi connectivity index (χ1v) is 11.3. The molecule has 0 N–H and O–H groups in total. The zero-order valence-corrected chi connectivity index (χ0v) is 18.3. The monoisotopic (exact) mass is 418 g/mol. The van der Waals surface area contributed by atoms with E-state index in [0.717, 1.165) is 25.7 Å². The van der Waals surface area contributed by atoms with E-state index in [2.05, 4.69) is 20.1 Å². The van der Waals surface area contributed by atoms with Gasteiger partial charge in [0, 0.05) is 12.0 Å². The molecule has 1 aromatic carbocycles. The standard InChI is InChI=1S/C26H33F3O/c1-5-7-8-9-18-10-12-19(13-11-18)21-15-20-14-17(4)25(22(27)16(3)6-2)30-26(20)24(29)23(21)28/h15,18-19H,3-14H2,1-2H3/b25-22-. The SMILES string of the molecule is C=C(CC)/C(F)=C1/Oc2c(cc(C3CCC(CCCCC)CC3)c(F)c2F)CC1=C. The summed E-state index contributed by atoms with van der Waals surface area (Å²) >= 11 is 0. The van der Waals surface area contributed by atoms with Gasteiger partial charge in [-0.05, 0) is 66.7 Å². The van der Waals surface area contributed by atoms with Gasteiger partial charge in [-0.25, -0.2) is 8.78 Å². The maximum Gasteiger partial charge on any atom is 0.201 e. The lowest BCUT2D eigenvalue weighted by Gasteiger charge is -2.30. The van der Waals surface area contributed by atoms with Crippen LogP contribution in [0.15, 0.2) is 42.0 Å². The van der Waals surface area contributed by atoms with Gasteiger partial charge in [0.15, 0.2) is 23.2 Å². The number of allylic oxidation sites excluding steroid dienone is 3. The summed E-state index contributed by atoms with van der Waals surface area (Å²) in [6.07, 6.45) is 9.49. The average molecular weight is 419 g/mol. The second kappa shape index (κ2) is 9.89. The van der Waals surface area contributed by atoms with Crippen LogP contribution in [0.3, 0.4) is 0 Å². The molecule has 4 heteroatoms. The van der Waals surface area contributed by atoms with Crippen LogP contribution in [0.4, 0.5) is 13.2 Å². The third kappa shape index (κ3) is 4.68. The molecule has 1 nitrogen and oxygen atoms in total. The quantitative estimate of drug-likeness (QED) is 0.404. The molecule has 1 fully saturated rings. The van der Waals surface area contributed by atoms with E-state index in [-0.39, 0.29) is 29.4 Å². The number of fused-ring (bicyclic) bond motifs is 1. The van der Waals surface area contributed by atoms with Crippen molar-refractivity contribution < 1.29 is 17.9 Å². The van der Waals surface area contributed by atoms with Gasteiger partial charge < -0.3 is 4.74 Å². The maximum atomic E-state index is 15.0. The summed E-state index contributed by atoms with van der Waals surface area (Å²) in [5, 5.41) is 0. The Hall–Kier alpha value is -1.97. The summed E-state index contributed by atoms with van der Waals surface area (Å²) in [4.78, 5) is 0. The lowest BCUT2D eigenvalue weighted by molar-refractivity contribution is 0.295. The Morgan fingerprint density at radius 1 is 1.10 bits per heavy atom. The van der Waals surface area contributed by atoms with Crippen molar-refractivity contribution in [1.29, 1.82) is 0 Å². The molecule has 30 heavy (non-hydrogen) atoms. The highest BCUT2D eigenvalue weighted by Gasteiger charge is 2.32. The molecule has 3 rings (SSSR count). The minimum atomic E-state index is -1.02. The van der Waals surface area contributed by atoms with E-state index in [0.29, 0.717) is 29.0 Å². The third-order valence-electron chi connectivity index (χ3n) is 6.64. The lowest BCUT2D eigenvalue weighted by atomic mass is 9.76. The minimum Gasteiger partial charge on any atom is -0.450 e. The number of hydrogen-bond donors (Lipinski definition) is 0. The third-order valence-corrected chi connectivity index (χ3v) is 6.64. The molecule has 164 valence electrons. The largest absolute Gasteiger partial charge is 0.450 e. The Morgan fingerprint density at radius 2 is 1.80 bits per heavy atom. The van der Waals surface area contributed by atoms with Crippen LogP contribution in [0.5, 0.6) is 5.75 Å². The van der Waals surface area contributed by atoms with E-state index in [4.69, 9.17) is 4.74 Å². The van der Waals surface area contributed by atoms with Crippen LogP contribution in [0, 0.1) is 17.6 Å². The number of benzene rings is 1. The maximum absolute atomic E-state index is 15.0. The highest BCUT2D eigenvalue weighted by atomic mass is 19.2. The van der Waals surface area contributed by atoms with E-state index >= 15 is 0 Å². The van der Waals surface area contributed by atoms with Crippen molar-refractivity contribution in [3.8, 4) is 5.75 Å². The molecule has 0 spiro atoms. The van der Waals surface area contributed by atoms with Crippen LogP contribution < -0.4 is 4.74 Å². The van der Waals surface area contributed by atoms with Crippen LogP contribution in [0.1, 0.15) is 88.7 Å². The fraction of sp³-hybridized carbons (Fsp3) is 0.538. The number of unbranched alkanes of at least 4 members (excludes halogenated alkanes) is 2. The Kier molecular flexibility index (Phi) is 7.49. The number of rotatable bonds is 7. The molecule has 0 amide bonds.